The highest BCUT2D eigenvalue weighted by Crippen LogP contribution is 2.41. The molecule has 0 saturated heterocycles. The van der Waals surface area contributed by atoms with Gasteiger partial charge in [0.1, 0.15) is 0 Å². The Kier molecular flexibility index (Phi) is 5.37. The maximum atomic E-state index is 11.2. The Hall–Kier alpha value is -0.893. The van der Waals surface area contributed by atoms with Gasteiger partial charge in [-0.2, -0.15) is 0 Å². The summed E-state index contributed by atoms with van der Waals surface area (Å²) >= 11 is 0. The molecule has 1 aromatic carbocycles. The summed E-state index contributed by atoms with van der Waals surface area (Å²) < 4.78 is 0. The van der Waals surface area contributed by atoms with Gasteiger partial charge in [-0.05, 0) is 41.6 Å². The maximum absolute atomic E-state index is 11.2. The van der Waals surface area contributed by atoms with Gasteiger partial charge in [0.25, 0.3) is 0 Å². The zero-order valence-corrected chi connectivity index (χ0v) is 15.4. The zero-order valence-electron chi connectivity index (χ0n) is 14.4. The van der Waals surface area contributed by atoms with Crippen molar-refractivity contribution in [3.8, 4) is 0 Å². The van der Waals surface area contributed by atoms with Crippen molar-refractivity contribution < 1.29 is 4.79 Å². The molecule has 0 bridgehead atoms. The maximum Gasteiger partial charge on any atom is 0.150 e. The fourth-order valence-electron chi connectivity index (χ4n) is 4.41. The average molecular weight is 291 g/mol. The van der Waals surface area contributed by atoms with Gasteiger partial charge < -0.3 is 0 Å². The molecule has 0 aliphatic carbocycles. The van der Waals surface area contributed by atoms with E-state index in [1.165, 1.54) is 5.19 Å². The van der Waals surface area contributed by atoms with Crippen LogP contribution in [0, 0.1) is 13.8 Å². The normalized spacial score (nSPS) is 12.6. The highest BCUT2D eigenvalue weighted by Gasteiger charge is 2.44. The van der Waals surface area contributed by atoms with Crippen molar-refractivity contribution in [3.05, 3.63) is 28.8 Å². The smallest absolute Gasteiger partial charge is 0.150 e. The van der Waals surface area contributed by atoms with Crippen molar-refractivity contribution in [2.24, 2.45) is 0 Å². The van der Waals surface area contributed by atoms with Crippen LogP contribution in [0.5, 0.6) is 0 Å². The summed E-state index contributed by atoms with van der Waals surface area (Å²) in [6, 6.07) is 4.59. The molecule has 0 saturated carbocycles. The summed E-state index contributed by atoms with van der Waals surface area (Å²) in [5, 5.41) is 1.53. The molecule has 0 fully saturated rings. The minimum absolute atomic E-state index is 0.698. The summed E-state index contributed by atoms with van der Waals surface area (Å²) in [6.45, 7) is 18.4. The van der Waals surface area contributed by atoms with Crippen LogP contribution in [-0.4, -0.2) is 14.4 Å². The number of aryl methyl sites for hydroxylation is 2. The highest BCUT2D eigenvalue weighted by atomic mass is 28.3. The van der Waals surface area contributed by atoms with Gasteiger partial charge in [-0.15, -0.1) is 0 Å². The molecule has 112 valence electrons. The zero-order chi connectivity index (χ0) is 15.7. The third-order valence-corrected chi connectivity index (χ3v) is 12.1. The average Bonchev–Trinajstić information content (AvgIpc) is 2.27. The molecule has 1 aromatic rings. The SMILES string of the molecule is Cc1cc([Si](C(C)C)(C(C)C)C(C)C)cc(C)c1C=O. The van der Waals surface area contributed by atoms with Crippen LogP contribution in [0.4, 0.5) is 0 Å². The van der Waals surface area contributed by atoms with Crippen molar-refractivity contribution in [2.45, 2.75) is 72.0 Å². The van der Waals surface area contributed by atoms with Gasteiger partial charge in [0.05, 0.1) is 8.07 Å². The fourth-order valence-corrected chi connectivity index (χ4v) is 11.3. The van der Waals surface area contributed by atoms with E-state index in [9.17, 15) is 4.79 Å². The van der Waals surface area contributed by atoms with E-state index in [2.05, 4.69) is 67.5 Å². The van der Waals surface area contributed by atoms with E-state index in [0.717, 1.165) is 23.0 Å². The Morgan fingerprint density at radius 1 is 0.850 bits per heavy atom. The van der Waals surface area contributed by atoms with Crippen LogP contribution < -0.4 is 5.19 Å². The predicted octanol–water partition coefficient (Wildman–Crippen LogP) is 5.00. The monoisotopic (exact) mass is 290 g/mol. The Morgan fingerprint density at radius 3 is 1.45 bits per heavy atom. The summed E-state index contributed by atoms with van der Waals surface area (Å²) in [7, 11) is -1.62. The number of benzene rings is 1. The van der Waals surface area contributed by atoms with Crippen molar-refractivity contribution in [3.63, 3.8) is 0 Å². The molecule has 20 heavy (non-hydrogen) atoms. The van der Waals surface area contributed by atoms with E-state index < -0.39 is 8.07 Å². The first-order valence-corrected chi connectivity index (χ1v) is 9.99. The van der Waals surface area contributed by atoms with E-state index in [1.807, 2.05) is 0 Å². The van der Waals surface area contributed by atoms with E-state index >= 15 is 0 Å². The molecular formula is C18H30OSi. The molecule has 1 nitrogen and oxygen atoms in total. The van der Waals surface area contributed by atoms with Gasteiger partial charge >= 0.3 is 0 Å². The summed E-state index contributed by atoms with van der Waals surface area (Å²) in [5.74, 6) is 0. The van der Waals surface area contributed by atoms with Crippen LogP contribution in [0.25, 0.3) is 0 Å². The third kappa shape index (κ3) is 2.63. The van der Waals surface area contributed by atoms with E-state index in [-0.39, 0.29) is 0 Å². The van der Waals surface area contributed by atoms with Crippen molar-refractivity contribution in [2.75, 3.05) is 0 Å². The van der Waals surface area contributed by atoms with Crippen molar-refractivity contribution in [1.29, 1.82) is 0 Å². The summed E-state index contributed by atoms with van der Waals surface area (Å²) in [4.78, 5) is 11.2. The second-order valence-corrected chi connectivity index (χ2v) is 12.9. The number of carbonyl (C=O) groups is 1. The lowest BCUT2D eigenvalue weighted by molar-refractivity contribution is 0.112. The second-order valence-electron chi connectivity index (χ2n) is 7.04. The molecule has 0 atom stereocenters. The van der Waals surface area contributed by atoms with Gasteiger partial charge in [0.2, 0.25) is 0 Å². The van der Waals surface area contributed by atoms with Crippen LogP contribution in [0.3, 0.4) is 0 Å². The van der Waals surface area contributed by atoms with Gasteiger partial charge in [0.15, 0.2) is 6.29 Å². The van der Waals surface area contributed by atoms with Crippen molar-refractivity contribution >= 4 is 19.5 Å². The molecule has 0 aliphatic heterocycles. The van der Waals surface area contributed by atoms with Crippen molar-refractivity contribution in [1.82, 2.24) is 0 Å². The van der Waals surface area contributed by atoms with E-state index in [1.54, 1.807) is 0 Å². The van der Waals surface area contributed by atoms with Crippen LogP contribution >= 0.6 is 0 Å². The Morgan fingerprint density at radius 2 is 1.20 bits per heavy atom. The standard InChI is InChI=1S/C18H30OSi/c1-12(2)20(13(3)4,14(5)6)17-9-15(7)18(11-19)16(8)10-17/h9-14H,1-8H3. The molecular weight excluding hydrogens is 260 g/mol. The second kappa shape index (κ2) is 6.25. The minimum atomic E-state index is -1.62. The van der Waals surface area contributed by atoms with Crippen LogP contribution in [0.15, 0.2) is 12.1 Å². The Bertz CT molecular complexity index is 441. The Balaban J connectivity index is 3.62. The van der Waals surface area contributed by atoms with E-state index in [4.69, 9.17) is 0 Å². The summed E-state index contributed by atoms with van der Waals surface area (Å²) in [6.07, 6.45) is 0.998. The minimum Gasteiger partial charge on any atom is -0.298 e. The number of rotatable bonds is 5. The van der Waals surface area contributed by atoms with Gasteiger partial charge in [-0.25, -0.2) is 0 Å². The number of hydrogen-bond acceptors (Lipinski definition) is 1. The lowest BCUT2D eigenvalue weighted by Gasteiger charge is -2.44. The largest absolute Gasteiger partial charge is 0.298 e. The first kappa shape index (κ1) is 17.2. The van der Waals surface area contributed by atoms with Crippen LogP contribution in [0.2, 0.25) is 16.6 Å². The molecule has 0 N–H and O–H groups in total. The first-order valence-electron chi connectivity index (χ1n) is 7.76. The molecule has 0 aliphatic rings. The number of carbonyl (C=O) groups excluding carboxylic acids is 1. The third-order valence-electron chi connectivity index (χ3n) is 5.08. The number of aldehydes is 1. The quantitative estimate of drug-likeness (QED) is 0.551. The Labute approximate surface area is 125 Å². The first-order chi connectivity index (χ1) is 9.19. The van der Waals surface area contributed by atoms with Crippen LogP contribution in [-0.2, 0) is 0 Å². The fraction of sp³-hybridized carbons (Fsp3) is 0.611. The molecule has 0 amide bonds. The molecule has 0 heterocycles. The summed E-state index contributed by atoms with van der Waals surface area (Å²) in [5.41, 5.74) is 5.23. The topological polar surface area (TPSA) is 17.1 Å². The van der Waals surface area contributed by atoms with Crippen LogP contribution in [0.1, 0.15) is 63.0 Å². The molecule has 0 aromatic heterocycles. The molecule has 2 heteroatoms. The van der Waals surface area contributed by atoms with Gasteiger partial charge in [-0.1, -0.05) is 58.9 Å². The lowest BCUT2D eigenvalue weighted by Crippen LogP contribution is -2.55. The van der Waals surface area contributed by atoms with Gasteiger partial charge in [-0.3, -0.25) is 4.79 Å². The van der Waals surface area contributed by atoms with Gasteiger partial charge in [0, 0.05) is 5.56 Å². The highest BCUT2D eigenvalue weighted by molar-refractivity contribution is 6.95. The molecule has 1 rings (SSSR count). The predicted molar refractivity (Wildman–Crippen MR) is 92.0 cm³/mol. The van der Waals surface area contributed by atoms with E-state index in [0.29, 0.717) is 16.6 Å². The molecule has 0 unspecified atom stereocenters. The molecule has 0 radical (unpaired) electrons. The lowest BCUT2D eigenvalue weighted by atomic mass is 10.0. The molecule has 0 spiro atoms. The number of hydrogen-bond donors (Lipinski definition) is 0.